The summed E-state index contributed by atoms with van der Waals surface area (Å²) < 4.78 is 41.4. The smallest absolute Gasteiger partial charge is 0.425 e. The van der Waals surface area contributed by atoms with Crippen molar-refractivity contribution < 1.29 is 22.7 Å². The zero-order chi connectivity index (χ0) is 14.6. The molecule has 106 valence electrons. The molecule has 0 aliphatic rings. The van der Waals surface area contributed by atoms with E-state index < -0.39 is 24.2 Å². The molecule has 0 radical (unpaired) electrons. The number of halogens is 3. The van der Waals surface area contributed by atoms with Crippen molar-refractivity contribution in [2.75, 3.05) is 0 Å². The highest BCUT2D eigenvalue weighted by molar-refractivity contribution is 5.73. The molecule has 0 spiro atoms. The standard InChI is InChI=1S/C14H17F3O2/c1-9(12-7-5-4-6-8-12)10(2)13(18)19-11(3)14(15,16)17/h4-11H,1-3H3. The maximum atomic E-state index is 12.3. The maximum absolute atomic E-state index is 12.3. The monoisotopic (exact) mass is 274 g/mol. The zero-order valence-electron chi connectivity index (χ0n) is 11.1. The number of ether oxygens (including phenoxy) is 1. The van der Waals surface area contributed by atoms with Gasteiger partial charge in [-0.1, -0.05) is 44.2 Å². The molecule has 1 aromatic rings. The average Bonchev–Trinajstić information content (AvgIpc) is 2.36. The highest BCUT2D eigenvalue weighted by atomic mass is 19.4. The van der Waals surface area contributed by atoms with Gasteiger partial charge in [-0.2, -0.15) is 13.2 Å². The minimum atomic E-state index is -4.52. The van der Waals surface area contributed by atoms with Crippen molar-refractivity contribution in [3.63, 3.8) is 0 Å². The average molecular weight is 274 g/mol. The number of carbonyl (C=O) groups excluding carboxylic acids is 1. The van der Waals surface area contributed by atoms with Crippen LogP contribution < -0.4 is 0 Å². The van der Waals surface area contributed by atoms with Gasteiger partial charge in [0.1, 0.15) is 0 Å². The van der Waals surface area contributed by atoms with Crippen LogP contribution in [0.2, 0.25) is 0 Å². The fourth-order valence-corrected chi connectivity index (χ4v) is 1.60. The van der Waals surface area contributed by atoms with Crippen molar-refractivity contribution in [3.8, 4) is 0 Å². The van der Waals surface area contributed by atoms with Gasteiger partial charge in [0.15, 0.2) is 6.10 Å². The lowest BCUT2D eigenvalue weighted by atomic mass is 9.89. The molecule has 0 saturated carbocycles. The molecule has 0 aromatic heterocycles. The van der Waals surface area contributed by atoms with Gasteiger partial charge in [0.2, 0.25) is 0 Å². The van der Waals surface area contributed by atoms with Crippen LogP contribution in [0.25, 0.3) is 0 Å². The molecule has 3 atom stereocenters. The van der Waals surface area contributed by atoms with E-state index >= 15 is 0 Å². The van der Waals surface area contributed by atoms with E-state index in [1.807, 2.05) is 30.3 Å². The molecule has 0 aliphatic heterocycles. The molecule has 19 heavy (non-hydrogen) atoms. The van der Waals surface area contributed by atoms with E-state index in [9.17, 15) is 18.0 Å². The third-order valence-electron chi connectivity index (χ3n) is 3.20. The highest BCUT2D eigenvalue weighted by Crippen LogP contribution is 2.28. The number of carbonyl (C=O) groups is 1. The second-order valence-corrected chi connectivity index (χ2v) is 4.61. The van der Waals surface area contributed by atoms with E-state index in [0.29, 0.717) is 0 Å². The number of rotatable bonds is 4. The van der Waals surface area contributed by atoms with E-state index in [0.717, 1.165) is 12.5 Å². The Balaban J connectivity index is 2.68. The first-order valence-corrected chi connectivity index (χ1v) is 6.05. The first kappa shape index (κ1) is 15.5. The van der Waals surface area contributed by atoms with E-state index in [1.54, 1.807) is 13.8 Å². The molecule has 5 heteroatoms. The second-order valence-electron chi connectivity index (χ2n) is 4.61. The lowest BCUT2D eigenvalue weighted by Gasteiger charge is -2.22. The molecule has 0 aliphatic carbocycles. The Morgan fingerprint density at radius 2 is 1.63 bits per heavy atom. The fraction of sp³-hybridized carbons (Fsp3) is 0.500. The predicted molar refractivity (Wildman–Crippen MR) is 65.6 cm³/mol. The lowest BCUT2D eigenvalue weighted by molar-refractivity contribution is -0.218. The van der Waals surface area contributed by atoms with Crippen molar-refractivity contribution in [2.24, 2.45) is 5.92 Å². The summed E-state index contributed by atoms with van der Waals surface area (Å²) >= 11 is 0. The molecule has 3 unspecified atom stereocenters. The molecule has 0 amide bonds. The molecular weight excluding hydrogens is 257 g/mol. The largest absolute Gasteiger partial charge is 0.453 e. The zero-order valence-corrected chi connectivity index (χ0v) is 11.1. The van der Waals surface area contributed by atoms with E-state index in [2.05, 4.69) is 4.74 Å². The number of hydrogen-bond acceptors (Lipinski definition) is 2. The minimum Gasteiger partial charge on any atom is -0.453 e. The first-order valence-electron chi connectivity index (χ1n) is 6.05. The minimum absolute atomic E-state index is 0.200. The van der Waals surface area contributed by atoms with Crippen LogP contribution in [-0.4, -0.2) is 18.2 Å². The molecule has 0 saturated heterocycles. The third-order valence-corrected chi connectivity index (χ3v) is 3.20. The van der Waals surface area contributed by atoms with Crippen LogP contribution in [0.15, 0.2) is 30.3 Å². The van der Waals surface area contributed by atoms with Gasteiger partial charge in [-0.15, -0.1) is 0 Å². The normalized spacial score (nSPS) is 16.5. The topological polar surface area (TPSA) is 26.3 Å². The van der Waals surface area contributed by atoms with Crippen molar-refractivity contribution in [1.29, 1.82) is 0 Å². The Labute approximate surface area is 110 Å². The van der Waals surface area contributed by atoms with Gasteiger partial charge in [0, 0.05) is 0 Å². The van der Waals surface area contributed by atoms with E-state index in [1.165, 1.54) is 0 Å². The predicted octanol–water partition coefficient (Wildman–Crippen LogP) is 3.92. The number of esters is 1. The van der Waals surface area contributed by atoms with Gasteiger partial charge in [0.05, 0.1) is 5.92 Å². The van der Waals surface area contributed by atoms with Gasteiger partial charge in [0.25, 0.3) is 0 Å². The molecule has 0 heterocycles. The molecular formula is C14H17F3O2. The highest BCUT2D eigenvalue weighted by Gasteiger charge is 2.40. The van der Waals surface area contributed by atoms with Crippen LogP contribution in [0, 0.1) is 5.92 Å². The lowest BCUT2D eigenvalue weighted by Crippen LogP contribution is -2.33. The van der Waals surface area contributed by atoms with Gasteiger partial charge in [-0.05, 0) is 18.4 Å². The van der Waals surface area contributed by atoms with Crippen LogP contribution in [0.3, 0.4) is 0 Å². The van der Waals surface area contributed by atoms with Crippen molar-refractivity contribution in [2.45, 2.75) is 39.0 Å². The van der Waals surface area contributed by atoms with E-state index in [4.69, 9.17) is 0 Å². The van der Waals surface area contributed by atoms with Crippen molar-refractivity contribution in [3.05, 3.63) is 35.9 Å². The summed E-state index contributed by atoms with van der Waals surface area (Å²) in [5.41, 5.74) is 0.895. The Kier molecular flexibility index (Phi) is 4.97. The molecule has 0 fully saturated rings. The van der Waals surface area contributed by atoms with Crippen LogP contribution in [0.4, 0.5) is 13.2 Å². The number of hydrogen-bond donors (Lipinski definition) is 0. The van der Waals surface area contributed by atoms with Gasteiger partial charge >= 0.3 is 12.1 Å². The van der Waals surface area contributed by atoms with Crippen LogP contribution in [0.1, 0.15) is 32.3 Å². The molecule has 0 N–H and O–H groups in total. The van der Waals surface area contributed by atoms with Gasteiger partial charge < -0.3 is 4.74 Å². The Morgan fingerprint density at radius 3 is 2.11 bits per heavy atom. The summed E-state index contributed by atoms with van der Waals surface area (Å²) in [4.78, 5) is 11.7. The van der Waals surface area contributed by atoms with Crippen LogP contribution in [-0.2, 0) is 9.53 Å². The molecule has 0 bridgehead atoms. The number of benzene rings is 1. The molecule has 1 aromatic carbocycles. The summed E-state index contributed by atoms with van der Waals surface area (Å²) in [6.45, 7) is 4.19. The van der Waals surface area contributed by atoms with Gasteiger partial charge in [-0.3, -0.25) is 4.79 Å². The Bertz CT molecular complexity index is 414. The summed E-state index contributed by atoms with van der Waals surface area (Å²) in [5, 5.41) is 0. The molecule has 2 nitrogen and oxygen atoms in total. The van der Waals surface area contributed by atoms with Gasteiger partial charge in [-0.25, -0.2) is 0 Å². The number of alkyl halides is 3. The molecule has 1 rings (SSSR count). The SMILES string of the molecule is CC(C(=O)OC(C)C(F)(F)F)C(C)c1ccccc1. The van der Waals surface area contributed by atoms with E-state index in [-0.39, 0.29) is 5.92 Å². The summed E-state index contributed by atoms with van der Waals surface area (Å²) in [5.74, 6) is -1.66. The van der Waals surface area contributed by atoms with Crippen molar-refractivity contribution in [1.82, 2.24) is 0 Å². The van der Waals surface area contributed by atoms with Crippen molar-refractivity contribution >= 4 is 5.97 Å². The second kappa shape index (κ2) is 6.08. The third kappa shape index (κ3) is 4.26. The fourth-order valence-electron chi connectivity index (χ4n) is 1.60. The maximum Gasteiger partial charge on any atom is 0.425 e. The van der Waals surface area contributed by atoms with Crippen LogP contribution >= 0.6 is 0 Å². The summed E-state index contributed by atoms with van der Waals surface area (Å²) in [6, 6.07) is 9.15. The summed E-state index contributed by atoms with van der Waals surface area (Å²) in [7, 11) is 0. The van der Waals surface area contributed by atoms with Crippen LogP contribution in [0.5, 0.6) is 0 Å². The Hall–Kier alpha value is -1.52. The first-order chi connectivity index (χ1) is 8.73. The Morgan fingerprint density at radius 1 is 1.11 bits per heavy atom. The quantitative estimate of drug-likeness (QED) is 0.778. The summed E-state index contributed by atoms with van der Waals surface area (Å²) in [6.07, 6.45) is -6.60.